The van der Waals surface area contributed by atoms with E-state index < -0.39 is 5.54 Å². The second-order valence-corrected chi connectivity index (χ2v) is 12.6. The van der Waals surface area contributed by atoms with E-state index in [9.17, 15) is 4.79 Å². The monoisotopic (exact) mass is 527 g/mol. The molecule has 0 spiro atoms. The number of piperidine rings is 1. The lowest BCUT2D eigenvalue weighted by atomic mass is 9.77. The number of fused-ring (bicyclic) bond motifs is 1. The Balaban J connectivity index is 1.14. The Kier molecular flexibility index (Phi) is 6.10. The molecule has 4 heterocycles. The number of ether oxygens (including phenoxy) is 1. The third kappa shape index (κ3) is 5.07. The lowest BCUT2D eigenvalue weighted by Crippen LogP contribution is -2.33. The maximum atomic E-state index is 13.3. The van der Waals surface area contributed by atoms with Crippen molar-refractivity contribution in [1.29, 1.82) is 0 Å². The Hall–Kier alpha value is -3.59. The molecule has 0 unspecified atom stereocenters. The van der Waals surface area contributed by atoms with Gasteiger partial charge in [-0.05, 0) is 68.7 Å². The molecule has 1 saturated carbocycles. The summed E-state index contributed by atoms with van der Waals surface area (Å²) in [7, 11) is 0. The van der Waals surface area contributed by atoms with Gasteiger partial charge in [0.2, 0.25) is 11.8 Å². The number of allylic oxidation sites excluding steroid dienone is 2. The SMILES string of the molecule is Cc1nn(-c2ncccn2)cc1C(=O)N1C[C@@H]2[C@H](C1)[C@@H]2Oc1cc(C(C)(C)N)cc(C2=CCC(C)(C)CC2)n1. The fourth-order valence-corrected chi connectivity index (χ4v) is 5.72. The highest BCUT2D eigenvalue weighted by atomic mass is 16.5. The first kappa shape index (κ1) is 25.7. The largest absolute Gasteiger partial charge is 0.474 e. The van der Waals surface area contributed by atoms with E-state index >= 15 is 0 Å². The fraction of sp³-hybridized carbons (Fsp3) is 0.500. The Bertz CT molecular complexity index is 1430. The van der Waals surface area contributed by atoms with Gasteiger partial charge < -0.3 is 15.4 Å². The lowest BCUT2D eigenvalue weighted by Gasteiger charge is -2.29. The van der Waals surface area contributed by atoms with Gasteiger partial charge in [0.1, 0.15) is 6.10 Å². The van der Waals surface area contributed by atoms with Crippen molar-refractivity contribution < 1.29 is 9.53 Å². The van der Waals surface area contributed by atoms with Crippen LogP contribution in [-0.4, -0.2) is 54.7 Å². The molecular weight excluding hydrogens is 490 g/mol. The summed E-state index contributed by atoms with van der Waals surface area (Å²) in [6.07, 6.45) is 10.6. The van der Waals surface area contributed by atoms with Crippen LogP contribution in [0, 0.1) is 24.2 Å². The highest BCUT2D eigenvalue weighted by Gasteiger charge is 2.59. The zero-order chi connectivity index (χ0) is 27.5. The molecular formula is C30H37N7O2. The molecule has 6 rings (SSSR count). The molecule has 0 radical (unpaired) electrons. The number of nitrogens with two attached hydrogens (primary N) is 1. The predicted molar refractivity (Wildman–Crippen MR) is 148 cm³/mol. The van der Waals surface area contributed by atoms with Crippen molar-refractivity contribution in [1.82, 2.24) is 29.6 Å². The van der Waals surface area contributed by atoms with Crippen molar-refractivity contribution >= 4 is 11.5 Å². The van der Waals surface area contributed by atoms with Gasteiger partial charge in [-0.2, -0.15) is 5.10 Å². The van der Waals surface area contributed by atoms with E-state index in [1.54, 1.807) is 29.3 Å². The lowest BCUT2D eigenvalue weighted by molar-refractivity contribution is 0.0750. The van der Waals surface area contributed by atoms with Crippen molar-refractivity contribution in [2.75, 3.05) is 13.1 Å². The Morgan fingerprint density at radius 1 is 1.15 bits per heavy atom. The minimum absolute atomic E-state index is 0.0138. The number of pyridine rings is 1. The van der Waals surface area contributed by atoms with Crippen LogP contribution in [0.2, 0.25) is 0 Å². The van der Waals surface area contributed by atoms with Gasteiger partial charge in [-0.15, -0.1) is 0 Å². The fourth-order valence-electron chi connectivity index (χ4n) is 5.72. The van der Waals surface area contributed by atoms with Gasteiger partial charge in [0.05, 0.1) is 17.0 Å². The summed E-state index contributed by atoms with van der Waals surface area (Å²) >= 11 is 0. The minimum atomic E-state index is -0.500. The van der Waals surface area contributed by atoms with Crippen LogP contribution in [-0.2, 0) is 5.54 Å². The summed E-state index contributed by atoms with van der Waals surface area (Å²) in [5.41, 5.74) is 10.8. The number of amides is 1. The van der Waals surface area contributed by atoms with E-state index in [0.29, 0.717) is 53.4 Å². The van der Waals surface area contributed by atoms with Crippen LogP contribution in [0.15, 0.2) is 42.9 Å². The number of carbonyl (C=O) groups excluding carboxylic acids is 1. The molecule has 0 bridgehead atoms. The topological polar surface area (TPSA) is 112 Å². The molecule has 1 saturated heterocycles. The van der Waals surface area contributed by atoms with Crippen molar-refractivity contribution in [2.45, 2.75) is 65.5 Å². The number of aromatic nitrogens is 5. The van der Waals surface area contributed by atoms with Gasteiger partial charge in [-0.1, -0.05) is 19.9 Å². The summed E-state index contributed by atoms with van der Waals surface area (Å²) in [6, 6.07) is 5.85. The Labute approximate surface area is 229 Å². The molecule has 2 N–H and O–H groups in total. The van der Waals surface area contributed by atoms with E-state index in [4.69, 9.17) is 15.5 Å². The molecule has 39 heavy (non-hydrogen) atoms. The van der Waals surface area contributed by atoms with Crippen LogP contribution in [0.4, 0.5) is 0 Å². The number of aryl methyl sites for hydroxylation is 1. The predicted octanol–water partition coefficient (Wildman–Crippen LogP) is 4.30. The molecule has 2 fully saturated rings. The molecule has 0 aromatic carbocycles. The molecule has 9 nitrogen and oxygen atoms in total. The van der Waals surface area contributed by atoms with Crippen LogP contribution in [0.25, 0.3) is 11.5 Å². The van der Waals surface area contributed by atoms with Gasteiger partial charge >= 0.3 is 0 Å². The van der Waals surface area contributed by atoms with Gasteiger partial charge in [-0.25, -0.2) is 19.6 Å². The quantitative estimate of drug-likeness (QED) is 0.509. The third-order valence-corrected chi connectivity index (χ3v) is 8.39. The van der Waals surface area contributed by atoms with E-state index in [2.05, 4.69) is 41.1 Å². The molecule has 3 aliphatic rings. The highest BCUT2D eigenvalue weighted by Crippen LogP contribution is 2.48. The van der Waals surface area contributed by atoms with E-state index in [-0.39, 0.29) is 12.0 Å². The van der Waals surface area contributed by atoms with Gasteiger partial charge in [0, 0.05) is 55.1 Å². The number of nitrogens with zero attached hydrogens (tertiary/aromatic N) is 6. The van der Waals surface area contributed by atoms with Crippen molar-refractivity contribution in [3.63, 3.8) is 0 Å². The summed E-state index contributed by atoms with van der Waals surface area (Å²) in [5.74, 6) is 1.66. The van der Waals surface area contributed by atoms with Gasteiger partial charge in [0.15, 0.2) is 0 Å². The second kappa shape index (κ2) is 9.26. The molecule has 1 amide bonds. The standard InChI is InChI=1S/C30H37N7O2/c1-18-21(17-37(35-18)28-32-11-6-12-33-28)27(38)36-15-22-23(16-36)26(22)39-25-14-20(30(4,5)31)13-24(34-25)19-7-9-29(2,3)10-8-19/h6-7,11-14,17,22-23,26H,8-10,15-16,31H2,1-5H3/t22-,23+,26-. The zero-order valence-corrected chi connectivity index (χ0v) is 23.4. The molecule has 3 atom stereocenters. The Morgan fingerprint density at radius 2 is 1.87 bits per heavy atom. The van der Waals surface area contributed by atoms with Crippen molar-refractivity contribution in [3.8, 4) is 11.8 Å². The van der Waals surface area contributed by atoms with Gasteiger partial charge in [-0.3, -0.25) is 4.79 Å². The summed E-state index contributed by atoms with van der Waals surface area (Å²) in [4.78, 5) is 28.6. The smallest absolute Gasteiger partial charge is 0.257 e. The van der Waals surface area contributed by atoms with E-state index in [1.807, 2.05) is 31.7 Å². The Morgan fingerprint density at radius 3 is 2.51 bits per heavy atom. The average Bonchev–Trinajstić information content (AvgIpc) is 3.21. The maximum absolute atomic E-state index is 13.3. The first-order chi connectivity index (χ1) is 18.5. The van der Waals surface area contributed by atoms with Crippen molar-refractivity contribution in [2.24, 2.45) is 23.0 Å². The first-order valence-corrected chi connectivity index (χ1v) is 13.8. The van der Waals surface area contributed by atoms with Crippen LogP contribution >= 0.6 is 0 Å². The third-order valence-electron chi connectivity index (χ3n) is 8.39. The zero-order valence-electron chi connectivity index (χ0n) is 23.4. The normalized spacial score (nSPS) is 23.8. The van der Waals surface area contributed by atoms with Crippen LogP contribution < -0.4 is 10.5 Å². The molecule has 9 heteroatoms. The highest BCUT2D eigenvalue weighted by molar-refractivity contribution is 5.95. The summed E-state index contributed by atoms with van der Waals surface area (Å²) in [6.45, 7) is 11.8. The molecule has 204 valence electrons. The number of hydrogen-bond acceptors (Lipinski definition) is 7. The van der Waals surface area contributed by atoms with Crippen molar-refractivity contribution in [3.05, 3.63) is 65.4 Å². The van der Waals surface area contributed by atoms with Gasteiger partial charge in [0.25, 0.3) is 5.91 Å². The summed E-state index contributed by atoms with van der Waals surface area (Å²) < 4.78 is 8.01. The van der Waals surface area contributed by atoms with Crippen LogP contribution in [0.1, 0.15) is 74.3 Å². The molecule has 1 aliphatic heterocycles. The van der Waals surface area contributed by atoms with Crippen LogP contribution in [0.3, 0.4) is 0 Å². The van der Waals surface area contributed by atoms with E-state index in [0.717, 1.165) is 30.5 Å². The van der Waals surface area contributed by atoms with E-state index in [1.165, 1.54) is 5.57 Å². The molecule has 3 aromatic heterocycles. The molecule has 2 aliphatic carbocycles. The first-order valence-electron chi connectivity index (χ1n) is 13.8. The minimum Gasteiger partial charge on any atom is -0.474 e. The number of carbonyl (C=O) groups is 1. The number of hydrogen-bond donors (Lipinski definition) is 1. The summed E-state index contributed by atoms with van der Waals surface area (Å²) in [5, 5.41) is 4.45. The second-order valence-electron chi connectivity index (χ2n) is 12.6. The maximum Gasteiger partial charge on any atom is 0.257 e. The van der Waals surface area contributed by atoms with Crippen LogP contribution in [0.5, 0.6) is 5.88 Å². The number of likely N-dealkylation sites (tertiary alicyclic amines) is 1. The average molecular weight is 528 g/mol. The molecule has 3 aromatic rings. The number of rotatable bonds is 6.